The molecule has 5 nitrogen and oxygen atoms in total. The van der Waals surface area contributed by atoms with Gasteiger partial charge in [-0.25, -0.2) is 0 Å². The fourth-order valence-electron chi connectivity index (χ4n) is 1.21. The van der Waals surface area contributed by atoms with E-state index in [1.54, 1.807) is 7.05 Å². The van der Waals surface area contributed by atoms with Crippen LogP contribution in [0.3, 0.4) is 0 Å². The van der Waals surface area contributed by atoms with Gasteiger partial charge in [-0.2, -0.15) is 18.3 Å². The number of nitrogens with zero attached hydrogens (tertiary/aromatic N) is 2. The summed E-state index contributed by atoms with van der Waals surface area (Å²) in [7, 11) is 1.57. The quantitative estimate of drug-likeness (QED) is 0.785. The van der Waals surface area contributed by atoms with E-state index in [1.165, 1.54) is 10.9 Å². The van der Waals surface area contributed by atoms with Crippen molar-refractivity contribution in [2.45, 2.75) is 19.0 Å². The molecule has 96 valence electrons. The highest BCUT2D eigenvalue weighted by molar-refractivity contribution is 5.98. The van der Waals surface area contributed by atoms with Crippen LogP contribution >= 0.6 is 0 Å². The predicted molar refractivity (Wildman–Crippen MR) is 55.2 cm³/mol. The fraction of sp³-hybridized carbons (Fsp3) is 0.556. The lowest BCUT2D eigenvalue weighted by Crippen LogP contribution is -2.26. The molecule has 0 aliphatic carbocycles. The highest BCUT2D eigenvalue weighted by atomic mass is 19.4. The van der Waals surface area contributed by atoms with Crippen LogP contribution in [0, 0.1) is 0 Å². The number of hydrogen-bond acceptors (Lipinski definition) is 3. The molecule has 0 spiro atoms. The van der Waals surface area contributed by atoms with Gasteiger partial charge in [0.1, 0.15) is 11.4 Å². The molecule has 17 heavy (non-hydrogen) atoms. The standard InChI is InChI=1S/C9H13F3N4O/c1-16-7(13)6(5-15-16)8(17)14-4-2-3-9(10,11)12/h5H,2-4,13H2,1H3,(H,14,17). The molecule has 0 saturated carbocycles. The van der Waals surface area contributed by atoms with Gasteiger partial charge in [0.05, 0.1) is 6.20 Å². The van der Waals surface area contributed by atoms with E-state index < -0.39 is 18.5 Å². The maximum atomic E-state index is 11.8. The van der Waals surface area contributed by atoms with Gasteiger partial charge in [0.2, 0.25) is 0 Å². The summed E-state index contributed by atoms with van der Waals surface area (Å²) in [5.74, 6) is -0.337. The monoisotopic (exact) mass is 250 g/mol. The number of amides is 1. The lowest BCUT2D eigenvalue weighted by Gasteiger charge is -2.07. The lowest BCUT2D eigenvalue weighted by atomic mass is 10.2. The van der Waals surface area contributed by atoms with E-state index in [9.17, 15) is 18.0 Å². The summed E-state index contributed by atoms with van der Waals surface area (Å²) in [5, 5.41) is 6.11. The molecule has 0 fully saturated rings. The third-order valence-corrected chi connectivity index (χ3v) is 2.15. The summed E-state index contributed by atoms with van der Waals surface area (Å²) >= 11 is 0. The third kappa shape index (κ3) is 3.97. The Kier molecular flexibility index (Phi) is 3.97. The summed E-state index contributed by atoms with van der Waals surface area (Å²) in [4.78, 5) is 11.5. The van der Waals surface area contributed by atoms with Crippen LogP contribution in [0.4, 0.5) is 19.0 Å². The molecule has 0 aromatic carbocycles. The fourth-order valence-corrected chi connectivity index (χ4v) is 1.21. The number of carbonyl (C=O) groups excluding carboxylic acids is 1. The van der Waals surface area contributed by atoms with Crippen LogP contribution in [0.5, 0.6) is 0 Å². The molecule has 1 aromatic rings. The van der Waals surface area contributed by atoms with Gasteiger partial charge >= 0.3 is 6.18 Å². The summed E-state index contributed by atoms with van der Waals surface area (Å²) in [6.45, 7) is -0.0489. The normalized spacial score (nSPS) is 11.5. The first kappa shape index (κ1) is 13.3. The number of carbonyl (C=O) groups is 1. The zero-order chi connectivity index (χ0) is 13.1. The minimum absolute atomic E-state index is 0.0489. The van der Waals surface area contributed by atoms with E-state index in [0.717, 1.165) is 0 Å². The SMILES string of the molecule is Cn1ncc(C(=O)NCCCC(F)(F)F)c1N. The maximum absolute atomic E-state index is 11.8. The Morgan fingerprint density at radius 2 is 2.24 bits per heavy atom. The van der Waals surface area contributed by atoms with Crippen molar-refractivity contribution < 1.29 is 18.0 Å². The molecule has 0 aliphatic rings. The van der Waals surface area contributed by atoms with Crippen molar-refractivity contribution in [2.75, 3.05) is 12.3 Å². The van der Waals surface area contributed by atoms with Gasteiger partial charge in [0.15, 0.2) is 0 Å². The van der Waals surface area contributed by atoms with Crippen molar-refractivity contribution in [3.63, 3.8) is 0 Å². The van der Waals surface area contributed by atoms with Crippen molar-refractivity contribution in [1.82, 2.24) is 15.1 Å². The molecular formula is C9H13F3N4O. The molecule has 0 radical (unpaired) electrons. The molecule has 0 bridgehead atoms. The second kappa shape index (κ2) is 5.07. The molecule has 0 aliphatic heterocycles. The Hall–Kier alpha value is -1.73. The largest absolute Gasteiger partial charge is 0.389 e. The molecule has 1 amide bonds. The van der Waals surface area contributed by atoms with Crippen molar-refractivity contribution in [1.29, 1.82) is 0 Å². The molecule has 8 heteroatoms. The first-order valence-electron chi connectivity index (χ1n) is 4.93. The van der Waals surface area contributed by atoms with Gasteiger partial charge in [-0.15, -0.1) is 0 Å². The Morgan fingerprint density at radius 3 is 2.71 bits per heavy atom. The van der Waals surface area contributed by atoms with Gasteiger partial charge in [0.25, 0.3) is 5.91 Å². The van der Waals surface area contributed by atoms with Crippen LogP contribution in [0.15, 0.2) is 6.20 Å². The number of aryl methyl sites for hydroxylation is 1. The first-order valence-corrected chi connectivity index (χ1v) is 4.93. The Morgan fingerprint density at radius 1 is 1.59 bits per heavy atom. The number of nitrogens with two attached hydrogens (primary N) is 1. The van der Waals surface area contributed by atoms with E-state index >= 15 is 0 Å². The second-order valence-corrected chi connectivity index (χ2v) is 3.54. The Labute approximate surface area is 95.8 Å². The van der Waals surface area contributed by atoms with Crippen LogP contribution in [-0.4, -0.2) is 28.4 Å². The Balaban J connectivity index is 2.38. The highest BCUT2D eigenvalue weighted by Gasteiger charge is 2.26. The van der Waals surface area contributed by atoms with E-state index in [0.29, 0.717) is 0 Å². The lowest BCUT2D eigenvalue weighted by molar-refractivity contribution is -0.135. The minimum atomic E-state index is -4.20. The summed E-state index contributed by atoms with van der Waals surface area (Å²) < 4.78 is 36.8. The van der Waals surface area contributed by atoms with Crippen molar-refractivity contribution in [3.8, 4) is 0 Å². The molecule has 0 saturated heterocycles. The van der Waals surface area contributed by atoms with Crippen molar-refractivity contribution >= 4 is 11.7 Å². The zero-order valence-electron chi connectivity index (χ0n) is 9.21. The Bertz CT molecular complexity index is 399. The molecule has 1 heterocycles. The molecule has 0 unspecified atom stereocenters. The number of halogens is 3. The average molecular weight is 250 g/mol. The van der Waals surface area contributed by atoms with Gasteiger partial charge in [0, 0.05) is 20.0 Å². The van der Waals surface area contributed by atoms with Crippen LogP contribution in [0.25, 0.3) is 0 Å². The number of aromatic nitrogens is 2. The average Bonchev–Trinajstić information content (AvgIpc) is 2.53. The minimum Gasteiger partial charge on any atom is -0.383 e. The third-order valence-electron chi connectivity index (χ3n) is 2.15. The summed E-state index contributed by atoms with van der Waals surface area (Å²) in [6, 6.07) is 0. The van der Waals surface area contributed by atoms with Gasteiger partial charge in [-0.1, -0.05) is 0 Å². The van der Waals surface area contributed by atoms with E-state index in [2.05, 4.69) is 10.4 Å². The van der Waals surface area contributed by atoms with Crippen LogP contribution in [0.2, 0.25) is 0 Å². The molecule has 1 aromatic heterocycles. The number of nitrogen functional groups attached to an aromatic ring is 1. The molecule has 1 rings (SSSR count). The van der Waals surface area contributed by atoms with Crippen molar-refractivity contribution in [3.05, 3.63) is 11.8 Å². The van der Waals surface area contributed by atoms with Gasteiger partial charge < -0.3 is 11.1 Å². The number of alkyl halides is 3. The van der Waals surface area contributed by atoms with Crippen LogP contribution in [-0.2, 0) is 7.05 Å². The van der Waals surface area contributed by atoms with Gasteiger partial charge in [-0.3, -0.25) is 9.48 Å². The van der Waals surface area contributed by atoms with Crippen LogP contribution < -0.4 is 11.1 Å². The topological polar surface area (TPSA) is 72.9 Å². The highest BCUT2D eigenvalue weighted by Crippen LogP contribution is 2.20. The van der Waals surface area contributed by atoms with E-state index in [1.807, 2.05) is 0 Å². The maximum Gasteiger partial charge on any atom is 0.389 e. The molecule has 3 N–H and O–H groups in total. The number of hydrogen-bond donors (Lipinski definition) is 2. The first-order chi connectivity index (χ1) is 7.81. The van der Waals surface area contributed by atoms with Crippen LogP contribution in [0.1, 0.15) is 23.2 Å². The zero-order valence-corrected chi connectivity index (χ0v) is 9.21. The smallest absolute Gasteiger partial charge is 0.383 e. The van der Waals surface area contributed by atoms with Crippen molar-refractivity contribution in [2.24, 2.45) is 7.05 Å². The van der Waals surface area contributed by atoms with E-state index in [-0.39, 0.29) is 24.3 Å². The second-order valence-electron chi connectivity index (χ2n) is 3.54. The molecule has 0 atom stereocenters. The predicted octanol–water partition coefficient (Wildman–Crippen LogP) is 1.07. The number of anilines is 1. The number of rotatable bonds is 4. The summed E-state index contributed by atoms with van der Waals surface area (Å²) in [5.41, 5.74) is 5.70. The molecular weight excluding hydrogens is 237 g/mol. The van der Waals surface area contributed by atoms with Gasteiger partial charge in [-0.05, 0) is 6.42 Å². The summed E-state index contributed by atoms with van der Waals surface area (Å²) in [6.07, 6.45) is -4.00. The number of nitrogens with one attached hydrogen (secondary N) is 1. The van der Waals surface area contributed by atoms with E-state index in [4.69, 9.17) is 5.73 Å².